The number of alkyl halides is 3. The fourth-order valence-corrected chi connectivity index (χ4v) is 3.50. The molecular weight excluding hydrogens is 537 g/mol. The molecule has 2 N–H and O–H groups in total. The van der Waals surface area contributed by atoms with Gasteiger partial charge in [0, 0.05) is 18.5 Å². The Labute approximate surface area is 228 Å². The van der Waals surface area contributed by atoms with E-state index in [0.717, 1.165) is 17.7 Å². The molecular formula is C28H26ClF3N2O5. The van der Waals surface area contributed by atoms with Gasteiger partial charge in [-0.2, -0.15) is 13.2 Å². The van der Waals surface area contributed by atoms with Crippen molar-refractivity contribution in [2.75, 3.05) is 17.2 Å². The van der Waals surface area contributed by atoms with Crippen LogP contribution in [0.3, 0.4) is 0 Å². The van der Waals surface area contributed by atoms with Crippen molar-refractivity contribution >= 4 is 40.8 Å². The average Bonchev–Trinajstić information content (AvgIpc) is 2.87. The Morgan fingerprint density at radius 2 is 1.51 bits per heavy atom. The van der Waals surface area contributed by atoms with E-state index in [1.807, 2.05) is 32.0 Å². The normalized spacial score (nSPS) is 11.0. The third-order valence-electron chi connectivity index (χ3n) is 5.57. The first-order valence-corrected chi connectivity index (χ1v) is 12.3. The minimum atomic E-state index is -4.61. The first kappa shape index (κ1) is 29.5. The Kier molecular flexibility index (Phi) is 9.95. The molecule has 3 aromatic carbocycles. The molecule has 0 radical (unpaired) electrons. The summed E-state index contributed by atoms with van der Waals surface area (Å²) in [5.74, 6) is -0.590. The lowest BCUT2D eigenvalue weighted by atomic mass is 10.1. The number of nitrogens with one attached hydrogen (secondary N) is 2. The molecule has 0 aliphatic carbocycles. The number of carbonyl (C=O) groups is 3. The number of benzene rings is 3. The van der Waals surface area contributed by atoms with Gasteiger partial charge in [0.2, 0.25) is 5.91 Å². The molecule has 0 spiro atoms. The van der Waals surface area contributed by atoms with Crippen LogP contribution in [0.25, 0.3) is 0 Å². The molecule has 0 atom stereocenters. The molecule has 2 amide bonds. The molecule has 39 heavy (non-hydrogen) atoms. The summed E-state index contributed by atoms with van der Waals surface area (Å²) in [5, 5.41) is 4.80. The fraction of sp³-hybridized carbons (Fsp3) is 0.250. The molecule has 3 rings (SSSR count). The van der Waals surface area contributed by atoms with Crippen LogP contribution in [0, 0.1) is 13.8 Å². The van der Waals surface area contributed by atoms with E-state index < -0.39 is 30.2 Å². The summed E-state index contributed by atoms with van der Waals surface area (Å²) in [6.45, 7) is 3.30. The second-order valence-corrected chi connectivity index (χ2v) is 9.08. The Balaban J connectivity index is 1.37. The van der Waals surface area contributed by atoms with Crippen LogP contribution >= 0.6 is 11.6 Å². The lowest BCUT2D eigenvalue weighted by Crippen LogP contribution is -2.21. The predicted octanol–water partition coefficient (Wildman–Crippen LogP) is 7.06. The Morgan fingerprint density at radius 3 is 2.18 bits per heavy atom. The summed E-state index contributed by atoms with van der Waals surface area (Å²) in [6.07, 6.45) is -4.54. The van der Waals surface area contributed by atoms with Crippen molar-refractivity contribution in [2.45, 2.75) is 39.3 Å². The molecule has 0 unspecified atom stereocenters. The molecule has 3 aromatic rings. The molecule has 206 valence electrons. The van der Waals surface area contributed by atoms with E-state index in [2.05, 4.69) is 10.6 Å². The first-order chi connectivity index (χ1) is 18.4. The van der Waals surface area contributed by atoms with Crippen molar-refractivity contribution in [1.82, 2.24) is 0 Å². The van der Waals surface area contributed by atoms with E-state index in [1.54, 1.807) is 24.3 Å². The van der Waals surface area contributed by atoms with Gasteiger partial charge in [-0.15, -0.1) is 0 Å². The van der Waals surface area contributed by atoms with Crippen LogP contribution < -0.4 is 15.4 Å². The lowest BCUT2D eigenvalue weighted by Gasteiger charge is -2.12. The maximum absolute atomic E-state index is 12.8. The quantitative estimate of drug-likeness (QED) is 0.258. The van der Waals surface area contributed by atoms with E-state index in [1.165, 1.54) is 5.56 Å². The van der Waals surface area contributed by atoms with E-state index in [4.69, 9.17) is 21.1 Å². The van der Waals surface area contributed by atoms with Gasteiger partial charge in [0.15, 0.2) is 6.61 Å². The number of hydrogen-bond acceptors (Lipinski definition) is 5. The zero-order valence-corrected chi connectivity index (χ0v) is 21.9. The standard InChI is InChI=1S/C28H26ClF3N2O5/c1-17-6-10-22(14-18(17)2)39-21-11-8-20(9-12-21)33-25(35)4-3-5-27(37)38-16-26(36)34-24-15-19(28(30,31)32)7-13-23(24)29/h6-15H,3-5,16H2,1-2H3,(H,33,35)(H,34,36). The van der Waals surface area contributed by atoms with Gasteiger partial charge in [-0.3, -0.25) is 14.4 Å². The van der Waals surface area contributed by atoms with Crippen molar-refractivity contribution in [3.63, 3.8) is 0 Å². The number of hydrogen-bond donors (Lipinski definition) is 2. The molecule has 0 aliphatic heterocycles. The van der Waals surface area contributed by atoms with E-state index in [-0.39, 0.29) is 35.9 Å². The van der Waals surface area contributed by atoms with Crippen molar-refractivity contribution < 1.29 is 37.0 Å². The van der Waals surface area contributed by atoms with E-state index in [0.29, 0.717) is 23.3 Å². The number of amides is 2. The molecule has 0 aromatic heterocycles. The fourth-order valence-electron chi connectivity index (χ4n) is 3.34. The molecule has 11 heteroatoms. The highest BCUT2D eigenvalue weighted by Gasteiger charge is 2.31. The zero-order chi connectivity index (χ0) is 28.6. The summed E-state index contributed by atoms with van der Waals surface area (Å²) in [6, 6.07) is 15.1. The summed E-state index contributed by atoms with van der Waals surface area (Å²) in [7, 11) is 0. The van der Waals surface area contributed by atoms with Gasteiger partial charge in [-0.25, -0.2) is 0 Å². The smallest absolute Gasteiger partial charge is 0.416 e. The van der Waals surface area contributed by atoms with Crippen LogP contribution in [-0.4, -0.2) is 24.4 Å². The summed E-state index contributed by atoms with van der Waals surface area (Å²) in [5.41, 5.74) is 1.59. The second-order valence-electron chi connectivity index (χ2n) is 8.68. The topological polar surface area (TPSA) is 93.7 Å². The number of halogens is 4. The Morgan fingerprint density at radius 1 is 0.821 bits per heavy atom. The van der Waals surface area contributed by atoms with Gasteiger partial charge in [0.25, 0.3) is 5.91 Å². The van der Waals surface area contributed by atoms with Crippen LogP contribution in [0.2, 0.25) is 5.02 Å². The predicted molar refractivity (Wildman–Crippen MR) is 141 cm³/mol. The minimum absolute atomic E-state index is 0.0298. The molecule has 0 bridgehead atoms. The molecule has 0 saturated carbocycles. The van der Waals surface area contributed by atoms with E-state index in [9.17, 15) is 27.6 Å². The third-order valence-corrected chi connectivity index (χ3v) is 5.90. The molecule has 0 saturated heterocycles. The average molecular weight is 563 g/mol. The van der Waals surface area contributed by atoms with Crippen LogP contribution in [-0.2, 0) is 25.3 Å². The van der Waals surface area contributed by atoms with Gasteiger partial charge in [0.05, 0.1) is 16.3 Å². The number of rotatable bonds is 10. The van der Waals surface area contributed by atoms with Crippen LogP contribution in [0.4, 0.5) is 24.5 Å². The lowest BCUT2D eigenvalue weighted by molar-refractivity contribution is -0.147. The van der Waals surface area contributed by atoms with Crippen molar-refractivity contribution in [1.29, 1.82) is 0 Å². The highest BCUT2D eigenvalue weighted by atomic mass is 35.5. The maximum atomic E-state index is 12.8. The second kappa shape index (κ2) is 13.1. The Bertz CT molecular complexity index is 1340. The van der Waals surface area contributed by atoms with Crippen LogP contribution in [0.15, 0.2) is 60.7 Å². The number of esters is 1. The molecule has 0 fully saturated rings. The highest BCUT2D eigenvalue weighted by Crippen LogP contribution is 2.33. The molecule has 7 nitrogen and oxygen atoms in total. The van der Waals surface area contributed by atoms with Crippen molar-refractivity contribution in [2.24, 2.45) is 0 Å². The van der Waals surface area contributed by atoms with Crippen molar-refractivity contribution in [3.05, 3.63) is 82.4 Å². The number of aryl methyl sites for hydroxylation is 2. The SMILES string of the molecule is Cc1ccc(Oc2ccc(NC(=O)CCCC(=O)OCC(=O)Nc3cc(C(F)(F)F)ccc3Cl)cc2)cc1C. The zero-order valence-electron chi connectivity index (χ0n) is 21.2. The summed E-state index contributed by atoms with van der Waals surface area (Å²) < 4.78 is 49.2. The number of ether oxygens (including phenoxy) is 2. The largest absolute Gasteiger partial charge is 0.457 e. The summed E-state index contributed by atoms with van der Waals surface area (Å²) >= 11 is 5.83. The number of carbonyl (C=O) groups excluding carboxylic acids is 3. The van der Waals surface area contributed by atoms with Crippen molar-refractivity contribution in [3.8, 4) is 11.5 Å². The van der Waals surface area contributed by atoms with Crippen LogP contribution in [0.5, 0.6) is 11.5 Å². The molecule has 0 heterocycles. The van der Waals surface area contributed by atoms with Gasteiger partial charge in [-0.05, 0) is 86.0 Å². The third kappa shape index (κ3) is 9.33. The van der Waals surface area contributed by atoms with Gasteiger partial charge >= 0.3 is 12.1 Å². The van der Waals surface area contributed by atoms with Crippen LogP contribution in [0.1, 0.15) is 36.0 Å². The summed E-state index contributed by atoms with van der Waals surface area (Å²) in [4.78, 5) is 36.1. The first-order valence-electron chi connectivity index (χ1n) is 11.9. The van der Waals surface area contributed by atoms with Gasteiger partial charge in [-0.1, -0.05) is 17.7 Å². The monoisotopic (exact) mass is 562 g/mol. The Hall–Kier alpha value is -4.05. The number of anilines is 2. The highest BCUT2D eigenvalue weighted by molar-refractivity contribution is 6.33. The van der Waals surface area contributed by atoms with Gasteiger partial charge in [0.1, 0.15) is 11.5 Å². The maximum Gasteiger partial charge on any atom is 0.416 e. The van der Waals surface area contributed by atoms with E-state index >= 15 is 0 Å². The van der Waals surface area contributed by atoms with Gasteiger partial charge < -0.3 is 20.1 Å². The molecule has 0 aliphatic rings. The minimum Gasteiger partial charge on any atom is -0.457 e.